The predicted molar refractivity (Wildman–Crippen MR) is 74.1 cm³/mol. The molecule has 2 aliphatic rings. The number of hydrogen-bond acceptors (Lipinski definition) is 3. The molecule has 0 bridgehead atoms. The second-order valence-corrected chi connectivity index (χ2v) is 7.73. The van der Waals surface area contributed by atoms with Crippen LogP contribution in [0, 0.1) is 0 Å². The summed E-state index contributed by atoms with van der Waals surface area (Å²) in [6, 6.07) is 0.192. The van der Waals surface area contributed by atoms with Gasteiger partial charge in [-0.05, 0) is 32.2 Å². The fourth-order valence-corrected chi connectivity index (χ4v) is 5.52. The monoisotopic (exact) mass is 274 g/mol. The summed E-state index contributed by atoms with van der Waals surface area (Å²) in [5.74, 6) is 0. The molecule has 4 nitrogen and oxygen atoms in total. The van der Waals surface area contributed by atoms with E-state index in [0.717, 1.165) is 51.6 Å². The highest BCUT2D eigenvalue weighted by Gasteiger charge is 2.37. The van der Waals surface area contributed by atoms with Crippen LogP contribution in [-0.4, -0.2) is 43.6 Å². The summed E-state index contributed by atoms with van der Waals surface area (Å²) in [6.45, 7) is 4.52. The molecule has 0 aromatic carbocycles. The SMILES string of the molecule is CCCN(C1CCNC1)S(=O)(=O)C1CCCCC1. The second kappa shape index (κ2) is 6.35. The van der Waals surface area contributed by atoms with Gasteiger partial charge in [-0.1, -0.05) is 26.2 Å². The van der Waals surface area contributed by atoms with Crippen LogP contribution in [0.2, 0.25) is 0 Å². The van der Waals surface area contributed by atoms with Crippen LogP contribution in [0.3, 0.4) is 0 Å². The topological polar surface area (TPSA) is 49.4 Å². The highest BCUT2D eigenvalue weighted by molar-refractivity contribution is 7.89. The zero-order valence-electron chi connectivity index (χ0n) is 11.4. The minimum Gasteiger partial charge on any atom is -0.315 e. The van der Waals surface area contributed by atoms with E-state index < -0.39 is 10.0 Å². The first kappa shape index (κ1) is 14.3. The van der Waals surface area contributed by atoms with Crippen molar-refractivity contribution in [3.05, 3.63) is 0 Å². The molecule has 0 radical (unpaired) electrons. The molecule has 1 N–H and O–H groups in total. The van der Waals surface area contributed by atoms with Gasteiger partial charge in [-0.25, -0.2) is 8.42 Å². The highest BCUT2D eigenvalue weighted by atomic mass is 32.2. The Balaban J connectivity index is 2.11. The molecule has 2 fully saturated rings. The van der Waals surface area contributed by atoms with E-state index >= 15 is 0 Å². The molecule has 0 aromatic rings. The van der Waals surface area contributed by atoms with Gasteiger partial charge >= 0.3 is 0 Å². The van der Waals surface area contributed by atoms with E-state index in [1.54, 1.807) is 0 Å². The molecule has 1 aliphatic carbocycles. The molecule has 1 heterocycles. The third-order valence-electron chi connectivity index (χ3n) is 4.19. The van der Waals surface area contributed by atoms with Gasteiger partial charge in [0.2, 0.25) is 10.0 Å². The standard InChI is InChI=1S/C13H26N2O2S/c1-2-10-15(12-8-9-14-11-12)18(16,17)13-6-4-3-5-7-13/h12-14H,2-11H2,1H3. The summed E-state index contributed by atoms with van der Waals surface area (Å²) in [5.41, 5.74) is 0. The molecule has 1 aliphatic heterocycles. The Morgan fingerprint density at radius 1 is 1.17 bits per heavy atom. The van der Waals surface area contributed by atoms with Crippen molar-refractivity contribution in [1.29, 1.82) is 0 Å². The molecule has 0 amide bonds. The lowest BCUT2D eigenvalue weighted by atomic mass is 10.0. The van der Waals surface area contributed by atoms with Gasteiger partial charge in [0, 0.05) is 19.1 Å². The molecule has 1 atom stereocenters. The lowest BCUT2D eigenvalue weighted by molar-refractivity contribution is 0.323. The van der Waals surface area contributed by atoms with Crippen LogP contribution in [0.25, 0.3) is 0 Å². The van der Waals surface area contributed by atoms with Crippen molar-refractivity contribution >= 4 is 10.0 Å². The predicted octanol–water partition coefficient (Wildman–Crippen LogP) is 1.72. The molecule has 0 spiro atoms. The van der Waals surface area contributed by atoms with E-state index in [2.05, 4.69) is 12.2 Å². The van der Waals surface area contributed by atoms with Crippen molar-refractivity contribution in [3.8, 4) is 0 Å². The molecular formula is C13H26N2O2S. The summed E-state index contributed by atoms with van der Waals surface area (Å²) in [7, 11) is -3.08. The van der Waals surface area contributed by atoms with Crippen LogP contribution in [0.4, 0.5) is 0 Å². The average Bonchev–Trinajstić information content (AvgIpc) is 2.90. The Bertz CT molecular complexity index is 344. The fraction of sp³-hybridized carbons (Fsp3) is 1.00. The fourth-order valence-electron chi connectivity index (χ4n) is 3.18. The molecule has 2 rings (SSSR count). The van der Waals surface area contributed by atoms with E-state index in [9.17, 15) is 8.42 Å². The average molecular weight is 274 g/mol. The van der Waals surface area contributed by atoms with Crippen molar-refractivity contribution in [2.45, 2.75) is 63.2 Å². The third kappa shape index (κ3) is 3.06. The normalized spacial score (nSPS) is 26.9. The lowest BCUT2D eigenvalue weighted by Gasteiger charge is -2.33. The maximum Gasteiger partial charge on any atom is 0.217 e. The Morgan fingerprint density at radius 2 is 1.89 bits per heavy atom. The number of rotatable bonds is 5. The van der Waals surface area contributed by atoms with Crippen molar-refractivity contribution in [2.24, 2.45) is 0 Å². The van der Waals surface area contributed by atoms with Gasteiger partial charge in [-0.15, -0.1) is 0 Å². The van der Waals surface area contributed by atoms with Gasteiger partial charge in [0.15, 0.2) is 0 Å². The van der Waals surface area contributed by atoms with Crippen LogP contribution in [0.5, 0.6) is 0 Å². The molecule has 1 saturated heterocycles. The minimum absolute atomic E-state index is 0.113. The van der Waals surface area contributed by atoms with Gasteiger partial charge in [-0.3, -0.25) is 0 Å². The quantitative estimate of drug-likeness (QED) is 0.830. The molecule has 106 valence electrons. The Labute approximate surface area is 111 Å². The lowest BCUT2D eigenvalue weighted by Crippen LogP contribution is -2.46. The van der Waals surface area contributed by atoms with Crippen LogP contribution < -0.4 is 5.32 Å². The van der Waals surface area contributed by atoms with Gasteiger partial charge in [0.1, 0.15) is 0 Å². The number of sulfonamides is 1. The number of hydrogen-bond donors (Lipinski definition) is 1. The van der Waals surface area contributed by atoms with E-state index in [0.29, 0.717) is 6.54 Å². The summed E-state index contributed by atoms with van der Waals surface area (Å²) in [6.07, 6.45) is 6.95. The van der Waals surface area contributed by atoms with E-state index in [-0.39, 0.29) is 11.3 Å². The maximum absolute atomic E-state index is 12.8. The highest BCUT2D eigenvalue weighted by Crippen LogP contribution is 2.28. The number of nitrogens with one attached hydrogen (secondary N) is 1. The van der Waals surface area contributed by atoms with Crippen LogP contribution >= 0.6 is 0 Å². The minimum atomic E-state index is -3.08. The van der Waals surface area contributed by atoms with E-state index in [1.807, 2.05) is 4.31 Å². The Morgan fingerprint density at radius 3 is 2.44 bits per heavy atom. The molecule has 18 heavy (non-hydrogen) atoms. The van der Waals surface area contributed by atoms with Gasteiger partial charge in [-0.2, -0.15) is 4.31 Å². The molecule has 1 saturated carbocycles. The third-order valence-corrected chi connectivity index (χ3v) is 6.63. The molecule has 5 heteroatoms. The molecule has 0 aromatic heterocycles. The smallest absolute Gasteiger partial charge is 0.217 e. The van der Waals surface area contributed by atoms with Crippen molar-refractivity contribution in [2.75, 3.05) is 19.6 Å². The zero-order valence-corrected chi connectivity index (χ0v) is 12.2. The summed E-state index contributed by atoms with van der Waals surface area (Å²) >= 11 is 0. The van der Waals surface area contributed by atoms with E-state index in [1.165, 1.54) is 6.42 Å². The first-order valence-electron chi connectivity index (χ1n) is 7.37. The van der Waals surface area contributed by atoms with Gasteiger partial charge in [0.25, 0.3) is 0 Å². The van der Waals surface area contributed by atoms with Crippen LogP contribution in [0.15, 0.2) is 0 Å². The van der Waals surface area contributed by atoms with Crippen LogP contribution in [0.1, 0.15) is 51.9 Å². The van der Waals surface area contributed by atoms with Gasteiger partial charge in [0.05, 0.1) is 5.25 Å². The Kier molecular flexibility index (Phi) is 5.04. The first-order valence-corrected chi connectivity index (χ1v) is 8.88. The largest absolute Gasteiger partial charge is 0.315 e. The van der Waals surface area contributed by atoms with Crippen molar-refractivity contribution in [3.63, 3.8) is 0 Å². The van der Waals surface area contributed by atoms with Crippen molar-refractivity contribution in [1.82, 2.24) is 9.62 Å². The van der Waals surface area contributed by atoms with E-state index in [4.69, 9.17) is 0 Å². The summed E-state index contributed by atoms with van der Waals surface area (Å²) in [5, 5.41) is 3.17. The van der Waals surface area contributed by atoms with Crippen LogP contribution in [-0.2, 0) is 10.0 Å². The van der Waals surface area contributed by atoms with Gasteiger partial charge < -0.3 is 5.32 Å². The number of nitrogens with zero attached hydrogens (tertiary/aromatic N) is 1. The molecule has 1 unspecified atom stereocenters. The zero-order chi connectivity index (χ0) is 13.0. The second-order valence-electron chi connectivity index (χ2n) is 5.56. The maximum atomic E-state index is 12.8. The summed E-state index contributed by atoms with van der Waals surface area (Å²) < 4.78 is 27.3. The summed E-state index contributed by atoms with van der Waals surface area (Å²) in [4.78, 5) is 0. The first-order chi connectivity index (χ1) is 8.66. The van der Waals surface area contributed by atoms with Crippen molar-refractivity contribution < 1.29 is 8.42 Å². The molecular weight excluding hydrogens is 248 g/mol. The Hall–Kier alpha value is -0.130.